The predicted molar refractivity (Wildman–Crippen MR) is 81.4 cm³/mol. The van der Waals surface area contributed by atoms with Gasteiger partial charge >= 0.3 is 0 Å². The van der Waals surface area contributed by atoms with Crippen molar-refractivity contribution in [3.8, 4) is 0 Å². The maximum atomic E-state index is 3.77. The van der Waals surface area contributed by atoms with Crippen LogP contribution in [0.3, 0.4) is 0 Å². The second-order valence-corrected chi connectivity index (χ2v) is 7.24. The molecule has 2 nitrogen and oxygen atoms in total. The second-order valence-electron chi connectivity index (χ2n) is 7.24. The van der Waals surface area contributed by atoms with Crippen LogP contribution in [-0.4, -0.2) is 35.6 Å². The fourth-order valence-electron chi connectivity index (χ4n) is 5.08. The third-order valence-corrected chi connectivity index (χ3v) is 6.02. The second kappa shape index (κ2) is 6.13. The van der Waals surface area contributed by atoms with Crippen LogP contribution in [0.1, 0.15) is 71.6 Å². The summed E-state index contributed by atoms with van der Waals surface area (Å²) in [5.74, 6) is 1.00. The first kappa shape index (κ1) is 13.9. The van der Waals surface area contributed by atoms with Crippen molar-refractivity contribution in [3.05, 3.63) is 0 Å². The summed E-state index contributed by atoms with van der Waals surface area (Å²) in [7, 11) is 0. The highest BCUT2D eigenvalue weighted by atomic mass is 15.3. The molecule has 1 aliphatic carbocycles. The lowest BCUT2D eigenvalue weighted by atomic mass is 9.90. The molecule has 0 radical (unpaired) electrons. The highest BCUT2D eigenvalue weighted by Gasteiger charge is 2.44. The summed E-state index contributed by atoms with van der Waals surface area (Å²) in [6, 6.07) is 3.45. The van der Waals surface area contributed by atoms with E-state index in [1.807, 2.05) is 0 Å². The quantitative estimate of drug-likeness (QED) is 0.817. The van der Waals surface area contributed by atoms with Gasteiger partial charge in [-0.1, -0.05) is 19.8 Å². The van der Waals surface area contributed by atoms with Crippen molar-refractivity contribution in [2.24, 2.45) is 5.92 Å². The van der Waals surface area contributed by atoms with E-state index in [-0.39, 0.29) is 0 Å². The van der Waals surface area contributed by atoms with Gasteiger partial charge in [-0.25, -0.2) is 0 Å². The maximum absolute atomic E-state index is 3.77. The summed E-state index contributed by atoms with van der Waals surface area (Å²) in [6.07, 6.45) is 13.0. The Hall–Kier alpha value is -0.0800. The van der Waals surface area contributed by atoms with Crippen molar-refractivity contribution < 1.29 is 0 Å². The SMILES string of the molecule is CCCNC1CC2CCC(C1)N2C(C)C1CCCC1. The summed E-state index contributed by atoms with van der Waals surface area (Å²) >= 11 is 0. The molecule has 3 unspecified atom stereocenters. The molecule has 2 saturated heterocycles. The smallest absolute Gasteiger partial charge is 0.0116 e. The Morgan fingerprint density at radius 2 is 1.68 bits per heavy atom. The van der Waals surface area contributed by atoms with Crippen molar-refractivity contribution in [3.63, 3.8) is 0 Å². The number of hydrogen-bond acceptors (Lipinski definition) is 2. The molecule has 2 heteroatoms. The molecule has 0 aromatic rings. The van der Waals surface area contributed by atoms with Gasteiger partial charge in [-0.3, -0.25) is 4.90 Å². The van der Waals surface area contributed by atoms with Crippen LogP contribution in [0.5, 0.6) is 0 Å². The molecule has 0 amide bonds. The van der Waals surface area contributed by atoms with Crippen LogP contribution in [0, 0.1) is 5.92 Å². The highest BCUT2D eigenvalue weighted by molar-refractivity contribution is 5.00. The maximum Gasteiger partial charge on any atom is 0.0116 e. The molecule has 1 N–H and O–H groups in total. The van der Waals surface area contributed by atoms with Crippen LogP contribution in [0.4, 0.5) is 0 Å². The molecule has 3 aliphatic rings. The molecule has 1 saturated carbocycles. The van der Waals surface area contributed by atoms with Crippen LogP contribution < -0.4 is 5.32 Å². The van der Waals surface area contributed by atoms with Gasteiger partial charge in [0.1, 0.15) is 0 Å². The first-order valence-electron chi connectivity index (χ1n) is 8.80. The third-order valence-electron chi connectivity index (χ3n) is 6.02. The molecule has 2 aliphatic heterocycles. The minimum atomic E-state index is 0.810. The summed E-state index contributed by atoms with van der Waals surface area (Å²) in [5, 5.41) is 3.77. The van der Waals surface area contributed by atoms with Crippen LogP contribution in [0.25, 0.3) is 0 Å². The highest BCUT2D eigenvalue weighted by Crippen LogP contribution is 2.41. The number of nitrogens with zero attached hydrogens (tertiary/aromatic N) is 1. The first-order valence-corrected chi connectivity index (χ1v) is 8.80. The van der Waals surface area contributed by atoms with E-state index < -0.39 is 0 Å². The molecular formula is C17H32N2. The Morgan fingerprint density at radius 3 is 2.26 bits per heavy atom. The fraction of sp³-hybridized carbons (Fsp3) is 1.00. The number of fused-ring (bicyclic) bond motifs is 2. The van der Waals surface area contributed by atoms with Gasteiger partial charge in [0.2, 0.25) is 0 Å². The van der Waals surface area contributed by atoms with Gasteiger partial charge in [-0.15, -0.1) is 0 Å². The molecule has 3 rings (SSSR count). The van der Waals surface area contributed by atoms with E-state index >= 15 is 0 Å². The predicted octanol–water partition coefficient (Wildman–Crippen LogP) is 3.56. The number of rotatable bonds is 5. The van der Waals surface area contributed by atoms with Gasteiger partial charge in [0, 0.05) is 24.2 Å². The molecule has 3 atom stereocenters. The van der Waals surface area contributed by atoms with Gasteiger partial charge in [-0.05, 0) is 64.3 Å². The lowest BCUT2D eigenvalue weighted by molar-refractivity contribution is 0.0505. The molecule has 110 valence electrons. The fourth-order valence-corrected chi connectivity index (χ4v) is 5.08. The van der Waals surface area contributed by atoms with Crippen molar-refractivity contribution in [1.82, 2.24) is 10.2 Å². The van der Waals surface area contributed by atoms with Gasteiger partial charge < -0.3 is 5.32 Å². The van der Waals surface area contributed by atoms with Gasteiger partial charge in [0.25, 0.3) is 0 Å². The van der Waals surface area contributed by atoms with E-state index in [9.17, 15) is 0 Å². The molecular weight excluding hydrogens is 232 g/mol. The monoisotopic (exact) mass is 264 g/mol. The Balaban J connectivity index is 1.59. The molecule has 19 heavy (non-hydrogen) atoms. The van der Waals surface area contributed by atoms with Crippen LogP contribution >= 0.6 is 0 Å². The van der Waals surface area contributed by atoms with Gasteiger partial charge in [0.05, 0.1) is 0 Å². The van der Waals surface area contributed by atoms with Gasteiger partial charge in [-0.2, -0.15) is 0 Å². The van der Waals surface area contributed by atoms with Crippen molar-refractivity contribution in [1.29, 1.82) is 0 Å². The number of hydrogen-bond donors (Lipinski definition) is 1. The summed E-state index contributed by atoms with van der Waals surface area (Å²) in [5.41, 5.74) is 0. The zero-order valence-electron chi connectivity index (χ0n) is 12.9. The molecule has 0 aromatic carbocycles. The van der Waals surface area contributed by atoms with Crippen LogP contribution in [0.15, 0.2) is 0 Å². The minimum Gasteiger partial charge on any atom is -0.314 e. The average Bonchev–Trinajstić information content (AvgIpc) is 3.03. The summed E-state index contributed by atoms with van der Waals surface area (Å²) < 4.78 is 0. The zero-order valence-corrected chi connectivity index (χ0v) is 12.9. The Kier molecular flexibility index (Phi) is 4.48. The summed E-state index contributed by atoms with van der Waals surface area (Å²) in [4.78, 5) is 2.94. The van der Waals surface area contributed by atoms with Crippen LogP contribution in [-0.2, 0) is 0 Å². The van der Waals surface area contributed by atoms with E-state index in [1.165, 1.54) is 64.3 Å². The summed E-state index contributed by atoms with van der Waals surface area (Å²) in [6.45, 7) is 6.02. The Morgan fingerprint density at radius 1 is 1.05 bits per heavy atom. The van der Waals surface area contributed by atoms with E-state index in [4.69, 9.17) is 0 Å². The Labute approximate surface area is 119 Å². The lowest BCUT2D eigenvalue weighted by Gasteiger charge is -2.44. The van der Waals surface area contributed by atoms with Gasteiger partial charge in [0.15, 0.2) is 0 Å². The molecule has 2 bridgehead atoms. The van der Waals surface area contributed by atoms with Crippen molar-refractivity contribution in [2.45, 2.75) is 95.8 Å². The molecule has 0 aromatic heterocycles. The van der Waals surface area contributed by atoms with E-state index in [2.05, 4.69) is 24.1 Å². The van der Waals surface area contributed by atoms with Crippen molar-refractivity contribution >= 4 is 0 Å². The number of nitrogens with one attached hydrogen (secondary N) is 1. The van der Waals surface area contributed by atoms with E-state index in [0.717, 1.165) is 30.1 Å². The van der Waals surface area contributed by atoms with Crippen molar-refractivity contribution in [2.75, 3.05) is 6.54 Å². The number of piperidine rings is 1. The van der Waals surface area contributed by atoms with Crippen LogP contribution in [0.2, 0.25) is 0 Å². The Bertz CT molecular complexity index is 271. The lowest BCUT2D eigenvalue weighted by Crippen LogP contribution is -2.53. The molecule has 2 heterocycles. The minimum absolute atomic E-state index is 0.810. The first-order chi connectivity index (χ1) is 9.29. The zero-order chi connectivity index (χ0) is 13.2. The molecule has 0 spiro atoms. The standard InChI is InChI=1S/C17H32N2/c1-3-10-18-15-11-16-8-9-17(12-15)19(16)13(2)14-6-4-5-7-14/h13-18H,3-12H2,1-2H3. The van der Waals surface area contributed by atoms with E-state index in [1.54, 1.807) is 0 Å². The topological polar surface area (TPSA) is 15.3 Å². The largest absolute Gasteiger partial charge is 0.314 e. The average molecular weight is 264 g/mol. The normalized spacial score (nSPS) is 37.9. The third kappa shape index (κ3) is 2.85. The molecule has 3 fully saturated rings. The van der Waals surface area contributed by atoms with E-state index in [0.29, 0.717) is 0 Å².